The molecule has 29 heavy (non-hydrogen) atoms. The Balaban J connectivity index is 1.78. The molecule has 3 aromatic rings. The van der Waals surface area contributed by atoms with Gasteiger partial charge in [-0.05, 0) is 61.9 Å². The van der Waals surface area contributed by atoms with Crippen molar-refractivity contribution in [3.05, 3.63) is 59.9 Å². The fourth-order valence-electron chi connectivity index (χ4n) is 2.76. The van der Waals surface area contributed by atoms with E-state index in [-0.39, 0.29) is 11.4 Å². The second kappa shape index (κ2) is 9.13. The monoisotopic (exact) mass is 402 g/mol. The summed E-state index contributed by atoms with van der Waals surface area (Å²) < 4.78 is 35.8. The van der Waals surface area contributed by atoms with Gasteiger partial charge in [0.1, 0.15) is 11.5 Å². The van der Waals surface area contributed by atoms with Gasteiger partial charge in [-0.25, -0.2) is 4.68 Å². The zero-order valence-electron chi connectivity index (χ0n) is 15.9. The largest absolute Gasteiger partial charge is 0.494 e. The van der Waals surface area contributed by atoms with Crippen molar-refractivity contribution in [3.8, 4) is 17.2 Å². The van der Waals surface area contributed by atoms with Crippen LogP contribution in [0.25, 0.3) is 5.69 Å². The highest BCUT2D eigenvalue weighted by Gasteiger charge is 2.19. The van der Waals surface area contributed by atoms with Gasteiger partial charge in [0.2, 0.25) is 0 Å². The lowest BCUT2D eigenvalue weighted by atomic mass is 10.2. The molecule has 9 heteroatoms. The van der Waals surface area contributed by atoms with Gasteiger partial charge in [-0.1, -0.05) is 12.1 Å². The lowest BCUT2D eigenvalue weighted by Gasteiger charge is -2.09. The first kappa shape index (κ1) is 20.2. The maximum absolute atomic E-state index is 12.7. The summed E-state index contributed by atoms with van der Waals surface area (Å²) in [6.45, 7) is 1.43. The van der Waals surface area contributed by atoms with Crippen LogP contribution >= 0.6 is 0 Å². The third kappa shape index (κ3) is 4.87. The van der Waals surface area contributed by atoms with Gasteiger partial charge in [-0.3, -0.25) is 4.79 Å². The van der Waals surface area contributed by atoms with Crippen LogP contribution in [0.3, 0.4) is 0 Å². The van der Waals surface area contributed by atoms with Crippen molar-refractivity contribution in [2.75, 3.05) is 11.9 Å². The molecule has 152 valence electrons. The summed E-state index contributed by atoms with van der Waals surface area (Å²) in [5.74, 6) is 0.357. The lowest BCUT2D eigenvalue weighted by molar-refractivity contribution is -0.0498. The van der Waals surface area contributed by atoms with E-state index >= 15 is 0 Å². The first-order valence-corrected chi connectivity index (χ1v) is 9.05. The maximum Gasteiger partial charge on any atom is 0.387 e. The topological polar surface area (TPSA) is 78.3 Å². The van der Waals surface area contributed by atoms with E-state index in [1.807, 2.05) is 13.8 Å². The van der Waals surface area contributed by atoms with E-state index in [0.717, 1.165) is 0 Å². The number of nitrogens with zero attached hydrogens (tertiary/aromatic N) is 3. The predicted octanol–water partition coefficient (Wildman–Crippen LogP) is 4.08. The van der Waals surface area contributed by atoms with Gasteiger partial charge in [0.05, 0.1) is 18.0 Å². The Hall–Kier alpha value is -3.49. The van der Waals surface area contributed by atoms with E-state index in [1.165, 1.54) is 16.8 Å². The smallest absolute Gasteiger partial charge is 0.387 e. The van der Waals surface area contributed by atoms with Gasteiger partial charge < -0.3 is 14.8 Å². The molecule has 2 aromatic carbocycles. The van der Waals surface area contributed by atoms with Crippen LogP contribution in [0.2, 0.25) is 0 Å². The van der Waals surface area contributed by atoms with Crippen molar-refractivity contribution < 1.29 is 23.0 Å². The molecule has 1 aromatic heterocycles. The molecule has 0 saturated heterocycles. The van der Waals surface area contributed by atoms with Gasteiger partial charge in [0, 0.05) is 5.69 Å². The molecule has 0 aliphatic rings. The number of alkyl halides is 2. The molecule has 0 unspecified atom stereocenters. The lowest BCUT2D eigenvalue weighted by Crippen LogP contribution is -2.15. The molecular weight excluding hydrogens is 382 g/mol. The number of anilines is 1. The highest BCUT2D eigenvalue weighted by molar-refractivity contribution is 6.03. The minimum Gasteiger partial charge on any atom is -0.494 e. The van der Waals surface area contributed by atoms with Crippen LogP contribution in [0, 0.1) is 0 Å². The molecule has 0 bridgehead atoms. The molecule has 1 heterocycles. The SMILES string of the molecule is CCOc1ccc(NC(=O)c2nnn(-c3ccc(OC(F)F)cc3)c2CC)cc1. The Labute approximate surface area is 166 Å². The van der Waals surface area contributed by atoms with Crippen LogP contribution in [-0.4, -0.2) is 34.1 Å². The van der Waals surface area contributed by atoms with Crippen molar-refractivity contribution in [2.24, 2.45) is 0 Å². The molecule has 0 aliphatic heterocycles. The van der Waals surface area contributed by atoms with E-state index in [1.54, 1.807) is 36.4 Å². The molecule has 0 saturated carbocycles. The maximum atomic E-state index is 12.7. The van der Waals surface area contributed by atoms with Crippen LogP contribution < -0.4 is 14.8 Å². The molecular formula is C20H20F2N4O3. The summed E-state index contributed by atoms with van der Waals surface area (Å²) in [4.78, 5) is 12.7. The van der Waals surface area contributed by atoms with Gasteiger partial charge in [0.25, 0.3) is 5.91 Å². The number of hydrogen-bond donors (Lipinski definition) is 1. The van der Waals surface area contributed by atoms with Gasteiger partial charge >= 0.3 is 6.61 Å². The Morgan fingerprint density at radius 1 is 1.07 bits per heavy atom. The summed E-state index contributed by atoms with van der Waals surface area (Å²) in [5.41, 5.74) is 1.96. The van der Waals surface area contributed by atoms with Crippen LogP contribution in [0.5, 0.6) is 11.5 Å². The van der Waals surface area contributed by atoms with Crippen LogP contribution in [0.4, 0.5) is 14.5 Å². The first-order chi connectivity index (χ1) is 14.0. The standard InChI is InChI=1S/C20H20F2N4O3/c1-3-17-18(19(27)23-13-5-9-15(10-6-13)28-4-2)24-25-26(17)14-7-11-16(12-8-14)29-20(21)22/h5-12,20H,3-4H2,1-2H3,(H,23,27). The molecule has 0 atom stereocenters. The highest BCUT2D eigenvalue weighted by atomic mass is 19.3. The number of halogens is 2. The Morgan fingerprint density at radius 2 is 1.72 bits per heavy atom. The minimum absolute atomic E-state index is 0.0374. The number of amides is 1. The zero-order valence-corrected chi connectivity index (χ0v) is 15.9. The Bertz CT molecular complexity index is 957. The normalized spacial score (nSPS) is 10.8. The highest BCUT2D eigenvalue weighted by Crippen LogP contribution is 2.21. The van der Waals surface area contributed by atoms with E-state index in [2.05, 4.69) is 20.4 Å². The molecule has 3 rings (SSSR count). The fraction of sp³-hybridized carbons (Fsp3) is 0.250. The van der Waals surface area contributed by atoms with Crippen molar-refractivity contribution in [1.29, 1.82) is 0 Å². The average molecular weight is 402 g/mol. The summed E-state index contributed by atoms with van der Waals surface area (Å²) in [5, 5.41) is 10.8. The van der Waals surface area contributed by atoms with Crippen LogP contribution in [-0.2, 0) is 6.42 Å². The molecule has 1 N–H and O–H groups in total. The first-order valence-electron chi connectivity index (χ1n) is 9.05. The Kier molecular flexibility index (Phi) is 6.38. The van der Waals surface area contributed by atoms with E-state index in [4.69, 9.17) is 4.74 Å². The quantitative estimate of drug-likeness (QED) is 0.614. The second-order valence-electron chi connectivity index (χ2n) is 5.93. The number of benzene rings is 2. The number of ether oxygens (including phenoxy) is 2. The molecule has 0 fully saturated rings. The van der Waals surface area contributed by atoms with Gasteiger partial charge in [0.15, 0.2) is 5.69 Å². The van der Waals surface area contributed by atoms with Gasteiger partial charge in [-0.15, -0.1) is 5.10 Å². The average Bonchev–Trinajstić information content (AvgIpc) is 3.14. The van der Waals surface area contributed by atoms with Crippen molar-refractivity contribution >= 4 is 11.6 Å². The summed E-state index contributed by atoms with van der Waals surface area (Å²) in [6.07, 6.45) is 0.494. The van der Waals surface area contributed by atoms with Crippen LogP contribution in [0.15, 0.2) is 48.5 Å². The molecule has 0 radical (unpaired) electrons. The van der Waals surface area contributed by atoms with Crippen molar-refractivity contribution in [2.45, 2.75) is 26.9 Å². The summed E-state index contributed by atoms with van der Waals surface area (Å²) >= 11 is 0. The molecule has 0 aliphatic carbocycles. The third-order valence-corrected chi connectivity index (χ3v) is 4.04. The predicted molar refractivity (Wildman–Crippen MR) is 103 cm³/mol. The Morgan fingerprint density at radius 3 is 2.31 bits per heavy atom. The van der Waals surface area contributed by atoms with Crippen molar-refractivity contribution in [3.63, 3.8) is 0 Å². The van der Waals surface area contributed by atoms with E-state index < -0.39 is 12.5 Å². The van der Waals surface area contributed by atoms with Crippen LogP contribution in [0.1, 0.15) is 30.0 Å². The summed E-state index contributed by atoms with van der Waals surface area (Å²) in [6, 6.07) is 12.9. The molecule has 7 nitrogen and oxygen atoms in total. The number of hydrogen-bond acceptors (Lipinski definition) is 5. The van der Waals surface area contributed by atoms with Crippen molar-refractivity contribution in [1.82, 2.24) is 15.0 Å². The minimum atomic E-state index is -2.89. The van der Waals surface area contributed by atoms with E-state index in [0.29, 0.717) is 35.8 Å². The number of carbonyl (C=O) groups excluding carboxylic acids is 1. The third-order valence-electron chi connectivity index (χ3n) is 4.04. The molecule has 0 spiro atoms. The molecule has 1 amide bonds. The number of carbonyl (C=O) groups is 1. The zero-order chi connectivity index (χ0) is 20.8. The second-order valence-corrected chi connectivity index (χ2v) is 5.93. The van der Waals surface area contributed by atoms with Gasteiger partial charge in [-0.2, -0.15) is 8.78 Å². The fourth-order valence-corrected chi connectivity index (χ4v) is 2.76. The summed E-state index contributed by atoms with van der Waals surface area (Å²) in [7, 11) is 0. The number of aromatic nitrogens is 3. The van der Waals surface area contributed by atoms with E-state index in [9.17, 15) is 13.6 Å². The number of rotatable bonds is 8. The number of nitrogens with one attached hydrogen (secondary N) is 1.